The summed E-state index contributed by atoms with van der Waals surface area (Å²) >= 11 is 0. The Morgan fingerprint density at radius 1 is 0.314 bits per heavy atom. The van der Waals surface area contributed by atoms with Gasteiger partial charge in [-0.2, -0.15) is 0 Å². The smallest absolute Gasteiger partial charge is 0.338 e. The summed E-state index contributed by atoms with van der Waals surface area (Å²) in [6, 6.07) is 16.1. The topological polar surface area (TPSA) is 298 Å². The molecule has 5 aromatic carbocycles. The Morgan fingerprint density at radius 3 is 0.781 bits per heavy atom. The lowest BCUT2D eigenvalue weighted by atomic mass is 9.80. The van der Waals surface area contributed by atoms with Crippen molar-refractivity contribution >= 4 is 180 Å². The van der Waals surface area contributed by atoms with Crippen LogP contribution in [0.1, 0.15) is 167 Å². The van der Waals surface area contributed by atoms with E-state index in [1.807, 2.05) is 0 Å². The quantitative estimate of drug-likeness (QED) is 0.0239. The van der Waals surface area contributed by atoms with Crippen molar-refractivity contribution in [3.8, 4) is 0 Å². The minimum atomic E-state index is -4.84. The fourth-order valence-electron chi connectivity index (χ4n) is 12.7. The van der Waals surface area contributed by atoms with Crippen LogP contribution in [-0.2, 0) is 158 Å². The first kappa shape index (κ1) is 87.1. The number of carbonyl (C=O) groups is 7. The molecule has 0 saturated heterocycles. The lowest BCUT2D eigenvalue weighted by Gasteiger charge is -2.39. The van der Waals surface area contributed by atoms with Crippen LogP contribution >= 0.6 is 0 Å². The molecule has 0 aliphatic heterocycles. The van der Waals surface area contributed by atoms with Gasteiger partial charge in [-0.1, -0.05) is 181 Å². The maximum atomic E-state index is 14.2. The van der Waals surface area contributed by atoms with Gasteiger partial charge >= 0.3 is 41.8 Å². The van der Waals surface area contributed by atoms with Gasteiger partial charge in [0.25, 0.3) is 0 Å². The molecule has 0 heterocycles. The van der Waals surface area contributed by atoms with Crippen LogP contribution in [0.3, 0.4) is 0 Å². The van der Waals surface area contributed by atoms with Gasteiger partial charge in [0.15, 0.2) is 0 Å². The Morgan fingerprint density at radius 2 is 0.552 bits per heavy atom. The Hall–Kier alpha value is -6.82. The molecule has 37 heteroatoms. The predicted octanol–water partition coefficient (Wildman–Crippen LogP) is 0.515. The zero-order chi connectivity index (χ0) is 77.6. The number of benzene rings is 5. The highest BCUT2D eigenvalue weighted by atomic mass is 32.2. The summed E-state index contributed by atoms with van der Waals surface area (Å²) in [7, 11) is 79.4. The normalized spacial score (nSPS) is 17.9. The second-order valence-electron chi connectivity index (χ2n) is 24.7. The summed E-state index contributed by atoms with van der Waals surface area (Å²) in [5.41, 5.74) is 8.03. The van der Waals surface area contributed by atoms with Crippen LogP contribution in [0.5, 0.6) is 0 Å². The average Bonchev–Trinajstić information content (AvgIpc) is 0.788. The molecule has 105 heavy (non-hydrogen) atoms. The van der Waals surface area contributed by atoms with Crippen molar-refractivity contribution < 1.29 is 92.7 Å². The van der Waals surface area contributed by atoms with Gasteiger partial charge in [-0.15, -0.1) is 0 Å². The summed E-state index contributed by atoms with van der Waals surface area (Å²) < 4.78 is 107. The summed E-state index contributed by atoms with van der Waals surface area (Å²) in [6.07, 6.45) is -6.79. The molecule has 4 unspecified atom stereocenters. The maximum absolute atomic E-state index is 14.2. The second-order valence-corrected chi connectivity index (χ2v) is 27.7. The lowest BCUT2D eigenvalue weighted by molar-refractivity contribution is -0.165. The van der Waals surface area contributed by atoms with E-state index in [4.69, 9.17) is 151 Å². The molecule has 0 aromatic heterocycles. The number of ether oxygens (including phenoxy) is 7. The molecule has 516 valence electrons. The first-order chi connectivity index (χ1) is 50.0. The molecular weight excluding hydrogens is 1360 g/mol. The standard InChI is InChI=1S/C39H37B9O11S.C29H30B6O9S/c40-11-20-3-23(14-43)30(17-46)27(6-20)36(49)57-26-9-33(58-37(50)28-7-21(12-41)4-24(15-44)31(28)18-47)35(39(52)56-1-2-60(53,54)55)34(10-26)59-38(51)29-8-22(13-42)5-25(16-45)32(29)19-48;30-10-16-3-19(12-32)25(14-34)23(5-16)28(37)43-21-7-18(27(36)42-1-2-45(39,40)41)8-22(9-21)44-29(38)24-6-17(11-31)4-20(13-33)26(24)15-35/h3-8,26,33-35H,1-2,9-19H2,(H,53,54,55);3-6,18,21-22H,1-2,7-15H2,(H,39,40,41)/p-2. The van der Waals surface area contributed by atoms with Gasteiger partial charge in [0.05, 0.1) is 183 Å². The Kier molecular flexibility index (Phi) is 34.0. The zero-order valence-electron chi connectivity index (χ0n) is 57.9. The number of hydrogen-bond donors (Lipinski definition) is 0. The fraction of sp³-hybridized carbons (Fsp3) is 0.456. The first-order valence-electron chi connectivity index (χ1n) is 33.5. The molecule has 2 saturated carbocycles. The number of rotatable bonds is 33. The van der Waals surface area contributed by atoms with E-state index in [0.29, 0.717) is 83.5 Å². The Bertz CT molecular complexity index is 4020. The Labute approximate surface area is 634 Å². The molecule has 2 aliphatic rings. The second kappa shape index (κ2) is 40.9. The van der Waals surface area contributed by atoms with Crippen molar-refractivity contribution in [3.05, 3.63) is 172 Å². The summed E-state index contributed by atoms with van der Waals surface area (Å²) in [6.45, 7) is -1.54. The van der Waals surface area contributed by atoms with Gasteiger partial charge in [-0.3, -0.25) is 9.59 Å². The van der Waals surface area contributed by atoms with E-state index in [-0.39, 0.29) is 155 Å². The van der Waals surface area contributed by atoms with E-state index < -0.39 is 129 Å². The summed E-state index contributed by atoms with van der Waals surface area (Å²) in [5.74, 6) is -11.0. The van der Waals surface area contributed by atoms with E-state index in [1.165, 1.54) is 18.2 Å². The van der Waals surface area contributed by atoms with Gasteiger partial charge in [0.1, 0.15) is 49.7 Å². The van der Waals surface area contributed by atoms with Crippen LogP contribution in [0, 0.1) is 11.8 Å². The average molecular weight is 1430 g/mol. The van der Waals surface area contributed by atoms with E-state index in [9.17, 15) is 59.5 Å². The van der Waals surface area contributed by atoms with Gasteiger partial charge < -0.3 is 42.3 Å². The van der Waals surface area contributed by atoms with Crippen LogP contribution in [0.25, 0.3) is 0 Å². The van der Waals surface area contributed by atoms with Crippen molar-refractivity contribution in [2.75, 3.05) is 24.7 Å². The SMILES string of the molecule is [B]Cc1cc(C[B])c(C[B])c(C(=O)OC2CC(OC(=O)c3cc(C[B])cc(C[B])c3C[B])C(C(=O)OCCS(=O)(=O)[O-])C(OC(=O)c3cc(C[B])cc(C[B])c3C[B])C2)c1.[B]Cc1cc(C[B])c(C[B])c(C(=O)OC2CC(OC(=O)c3cc(C[B])cc(C[B])c3C[B])CC(C(=O)OCCS(=O)(=O)[O-])C2)c1. The van der Waals surface area contributed by atoms with Crippen LogP contribution in [-0.4, -0.2) is 241 Å². The van der Waals surface area contributed by atoms with Crippen molar-refractivity contribution in [1.29, 1.82) is 0 Å². The van der Waals surface area contributed by atoms with E-state index >= 15 is 0 Å². The molecule has 7 rings (SSSR count). The van der Waals surface area contributed by atoms with E-state index in [0.717, 1.165) is 0 Å². The van der Waals surface area contributed by atoms with Gasteiger partial charge in [-0.05, 0) is 71.0 Å². The summed E-state index contributed by atoms with van der Waals surface area (Å²) in [5, 5.41) is 0. The molecule has 0 bridgehead atoms. The minimum absolute atomic E-state index is 0.000421. The van der Waals surface area contributed by atoms with Gasteiger partial charge in [0.2, 0.25) is 0 Å². The maximum Gasteiger partial charge on any atom is 0.338 e. The third-order valence-electron chi connectivity index (χ3n) is 17.9. The molecule has 4 atom stereocenters. The van der Waals surface area contributed by atoms with Crippen molar-refractivity contribution in [2.45, 2.75) is 157 Å². The molecule has 0 N–H and O–H groups in total. The highest BCUT2D eigenvalue weighted by Gasteiger charge is 2.49. The van der Waals surface area contributed by atoms with Crippen LogP contribution in [0.4, 0.5) is 0 Å². The third kappa shape index (κ3) is 23.6. The minimum Gasteiger partial charge on any atom is -0.748 e. The van der Waals surface area contributed by atoms with Crippen molar-refractivity contribution in [1.82, 2.24) is 0 Å². The number of carbonyl (C=O) groups excluding carboxylic acids is 7. The zero-order valence-corrected chi connectivity index (χ0v) is 59.6. The molecular formula is C68H65B15O20S2-2. The molecule has 2 aliphatic carbocycles. The van der Waals surface area contributed by atoms with E-state index in [2.05, 4.69) is 0 Å². The highest BCUT2D eigenvalue weighted by molar-refractivity contribution is 7.85. The highest BCUT2D eigenvalue weighted by Crippen LogP contribution is 2.38. The molecule has 30 radical (unpaired) electrons. The molecule has 0 spiro atoms. The van der Waals surface area contributed by atoms with Crippen LogP contribution < -0.4 is 0 Å². The van der Waals surface area contributed by atoms with Crippen LogP contribution in [0.15, 0.2) is 60.7 Å². The van der Waals surface area contributed by atoms with Gasteiger partial charge in [-0.25, -0.2) is 40.8 Å². The fourth-order valence-corrected chi connectivity index (χ4v) is 13.3. The van der Waals surface area contributed by atoms with Crippen molar-refractivity contribution in [2.24, 2.45) is 11.8 Å². The predicted molar refractivity (Wildman–Crippen MR) is 401 cm³/mol. The first-order valence-corrected chi connectivity index (χ1v) is 36.6. The lowest BCUT2D eigenvalue weighted by Crippen LogP contribution is -2.51. The van der Waals surface area contributed by atoms with Gasteiger partial charge in [0, 0.05) is 19.3 Å². The Balaban J connectivity index is 0.000000343. The third-order valence-corrected chi connectivity index (χ3v) is 19.3. The van der Waals surface area contributed by atoms with E-state index in [1.54, 1.807) is 42.5 Å². The number of esters is 7. The van der Waals surface area contributed by atoms with Crippen molar-refractivity contribution in [3.63, 3.8) is 0 Å². The monoisotopic (exact) mass is 1430 g/mol. The molecule has 2 fully saturated rings. The molecule has 5 aromatic rings. The largest absolute Gasteiger partial charge is 0.748 e. The number of hydrogen-bond acceptors (Lipinski definition) is 20. The molecule has 0 amide bonds. The summed E-state index contributed by atoms with van der Waals surface area (Å²) in [4.78, 5) is 96.2. The molecule has 20 nitrogen and oxygen atoms in total. The van der Waals surface area contributed by atoms with Crippen LogP contribution in [0.2, 0.25) is 0 Å².